The monoisotopic (exact) mass is 618 g/mol. The molecule has 4 nitrogen and oxygen atoms in total. The normalized spacial score (nSPS) is 18.5. The van der Waals surface area contributed by atoms with Crippen LogP contribution >= 0.6 is 0 Å². The van der Waals surface area contributed by atoms with Crippen LogP contribution in [0.1, 0.15) is 51.3 Å². The van der Waals surface area contributed by atoms with E-state index in [1.807, 2.05) is 0 Å². The summed E-state index contributed by atoms with van der Waals surface area (Å²) in [5.41, 5.74) is -1.05. The lowest BCUT2D eigenvalue weighted by molar-refractivity contribution is -0.138. The molecule has 0 spiro atoms. The molecule has 0 radical (unpaired) electrons. The molecule has 2 aromatic heterocycles. The van der Waals surface area contributed by atoms with Crippen molar-refractivity contribution in [3.05, 3.63) is 137 Å². The smallest absolute Gasteiger partial charge is 0.363 e. The molecule has 1 unspecified atom stereocenters. The number of hydrogen-bond acceptors (Lipinski definition) is 4. The van der Waals surface area contributed by atoms with Crippen LogP contribution < -0.4 is 0 Å². The van der Waals surface area contributed by atoms with E-state index in [4.69, 9.17) is 4.74 Å². The molecule has 6 rings (SSSR count). The van der Waals surface area contributed by atoms with Crippen LogP contribution in [-0.2, 0) is 28.1 Å². The number of alkyl halides is 6. The maximum absolute atomic E-state index is 13.1. The van der Waals surface area contributed by atoms with Crippen molar-refractivity contribution in [1.29, 1.82) is 0 Å². The third-order valence-corrected chi connectivity index (χ3v) is 7.63. The summed E-state index contributed by atoms with van der Waals surface area (Å²) in [5.74, 6) is -1.35. The Labute approximate surface area is 246 Å². The molecule has 1 aliphatic heterocycles. The van der Waals surface area contributed by atoms with E-state index >= 15 is 0 Å². The van der Waals surface area contributed by atoms with Gasteiger partial charge >= 0.3 is 12.4 Å². The molecule has 1 atom stereocenters. The van der Waals surface area contributed by atoms with Gasteiger partial charge in [0.05, 0.1) is 23.4 Å². The van der Waals surface area contributed by atoms with E-state index in [2.05, 4.69) is 16.5 Å². The van der Waals surface area contributed by atoms with Gasteiger partial charge in [-0.05, 0) is 79.1 Å². The van der Waals surface area contributed by atoms with Gasteiger partial charge in [0, 0.05) is 34.6 Å². The van der Waals surface area contributed by atoms with Crippen LogP contribution in [0.15, 0.2) is 91.8 Å². The van der Waals surface area contributed by atoms with Crippen molar-refractivity contribution < 1.29 is 44.7 Å². The molecule has 2 fully saturated rings. The zero-order valence-electron chi connectivity index (χ0n) is 22.6. The fraction of sp³-hybridized carbons (Fsp3) is 0.219. The van der Waals surface area contributed by atoms with Crippen LogP contribution in [0, 0.1) is 11.6 Å². The Kier molecular flexibility index (Phi) is 7.91. The molecule has 1 saturated heterocycles. The molecule has 1 aliphatic carbocycles. The second kappa shape index (κ2) is 11.2. The highest BCUT2D eigenvalue weighted by Gasteiger charge is 2.70. The quantitative estimate of drug-likeness (QED) is 0.0944. The third-order valence-electron chi connectivity index (χ3n) is 7.63. The van der Waals surface area contributed by atoms with E-state index in [0.717, 1.165) is 54.9 Å². The number of benzene rings is 2. The Bertz CT molecular complexity index is 1650. The van der Waals surface area contributed by atoms with Gasteiger partial charge in [0.25, 0.3) is 0 Å². The number of carbonyl (C=O) groups excluding carboxylic acids is 1. The fourth-order valence-corrected chi connectivity index (χ4v) is 4.98. The first-order valence-electron chi connectivity index (χ1n) is 13.1. The Morgan fingerprint density at radius 3 is 1.64 bits per heavy atom. The molecular formula is C32H22F8N2O2. The molecule has 4 aromatic rings. The summed E-state index contributed by atoms with van der Waals surface area (Å²) >= 11 is 0. The molecule has 3 heterocycles. The van der Waals surface area contributed by atoms with Crippen molar-refractivity contribution in [3.63, 3.8) is 0 Å². The molecular weight excluding hydrogens is 596 g/mol. The van der Waals surface area contributed by atoms with Gasteiger partial charge in [0.1, 0.15) is 17.2 Å². The number of carbonyl (C=O) groups is 1. The van der Waals surface area contributed by atoms with Crippen molar-refractivity contribution in [2.75, 3.05) is 6.61 Å². The van der Waals surface area contributed by atoms with Crippen LogP contribution in [0.5, 0.6) is 0 Å². The maximum Gasteiger partial charge on any atom is 0.417 e. The Morgan fingerprint density at radius 1 is 0.727 bits per heavy atom. The van der Waals surface area contributed by atoms with Gasteiger partial charge in [0.2, 0.25) is 0 Å². The fourth-order valence-electron chi connectivity index (χ4n) is 4.98. The minimum Gasteiger partial charge on any atom is -0.363 e. The first kappa shape index (κ1) is 31.0. The highest BCUT2D eigenvalue weighted by molar-refractivity contribution is 6.27. The number of allylic oxidation sites excluding steroid dienone is 1. The van der Waals surface area contributed by atoms with Crippen LogP contribution in [0.3, 0.4) is 0 Å². The van der Waals surface area contributed by atoms with Gasteiger partial charge in [-0.2, -0.15) is 26.3 Å². The van der Waals surface area contributed by atoms with Crippen molar-refractivity contribution in [3.8, 4) is 0 Å². The molecule has 1 saturated carbocycles. The van der Waals surface area contributed by atoms with Crippen LogP contribution in [-0.4, -0.2) is 22.4 Å². The summed E-state index contributed by atoms with van der Waals surface area (Å²) in [6.07, 6.45) is -5.79. The largest absolute Gasteiger partial charge is 0.417 e. The average Bonchev–Trinajstić information content (AvgIpc) is 3.92. The Balaban J connectivity index is 0.000000176. The topological polar surface area (TPSA) is 55.4 Å². The zero-order valence-corrected chi connectivity index (χ0v) is 22.6. The molecule has 2 aliphatic rings. The molecule has 0 N–H and O–H groups in total. The Morgan fingerprint density at radius 2 is 1.23 bits per heavy atom. The lowest BCUT2D eigenvalue weighted by Crippen LogP contribution is -2.29. The second-order valence-corrected chi connectivity index (χ2v) is 10.4. The summed E-state index contributed by atoms with van der Waals surface area (Å²) in [5, 5.41) is 0. The minimum absolute atomic E-state index is 0.0392. The van der Waals surface area contributed by atoms with Crippen LogP contribution in [0.4, 0.5) is 35.1 Å². The predicted molar refractivity (Wildman–Crippen MR) is 143 cm³/mol. The van der Waals surface area contributed by atoms with E-state index in [9.17, 15) is 39.9 Å². The highest BCUT2D eigenvalue weighted by atomic mass is 19.4. The Hall–Kier alpha value is -4.45. The van der Waals surface area contributed by atoms with Crippen LogP contribution in [0.25, 0.3) is 5.57 Å². The van der Waals surface area contributed by atoms with Gasteiger partial charge in [-0.25, -0.2) is 8.78 Å². The van der Waals surface area contributed by atoms with Crippen molar-refractivity contribution >= 4 is 11.4 Å². The minimum atomic E-state index is -4.49. The number of halogens is 8. The summed E-state index contributed by atoms with van der Waals surface area (Å²) < 4.78 is 107. The number of rotatable bonds is 6. The van der Waals surface area contributed by atoms with Crippen molar-refractivity contribution in [2.45, 2.75) is 36.2 Å². The molecule has 0 amide bonds. The zero-order chi connectivity index (χ0) is 31.9. The van der Waals surface area contributed by atoms with Gasteiger partial charge in [-0.15, -0.1) is 0 Å². The standard InChI is InChI=1S/C17H13F4NO.C15H9F4NO/c18-13-4-1-11(2-5-13)16(10-23-16)15(7-8-15)14-6-3-12(9-22-14)17(19,20)21;1-9(14(21)10-2-5-12(16)6-3-10)13-7-4-11(8-20-13)15(17,18)19/h1-6,9H,7-8,10H2;2-8H,1H2. The first-order chi connectivity index (χ1) is 20.7. The van der Waals surface area contributed by atoms with Crippen molar-refractivity contribution in [2.24, 2.45) is 0 Å². The average molecular weight is 619 g/mol. The van der Waals surface area contributed by atoms with Gasteiger partial charge in [-0.3, -0.25) is 14.8 Å². The number of nitrogens with zero attached hydrogens (tertiary/aromatic N) is 2. The lowest BCUT2D eigenvalue weighted by atomic mass is 9.80. The number of hydrogen-bond donors (Lipinski definition) is 0. The number of aromatic nitrogens is 2. The molecule has 228 valence electrons. The van der Waals surface area contributed by atoms with Gasteiger partial charge < -0.3 is 4.74 Å². The number of epoxide rings is 1. The lowest BCUT2D eigenvalue weighted by Gasteiger charge is -2.24. The molecule has 2 aromatic carbocycles. The van der Waals surface area contributed by atoms with E-state index in [1.54, 1.807) is 12.1 Å². The van der Waals surface area contributed by atoms with E-state index in [-0.39, 0.29) is 22.6 Å². The summed E-state index contributed by atoms with van der Waals surface area (Å²) in [7, 11) is 0. The molecule has 12 heteroatoms. The SMILES string of the molecule is C=C(C(=O)c1ccc(F)cc1)c1ccc(C(F)(F)F)cn1.Fc1ccc(C2(C3(c4ccc(C(F)(F)F)cn4)CC3)CO2)cc1. The van der Waals surface area contributed by atoms with E-state index in [1.165, 1.54) is 30.3 Å². The van der Waals surface area contributed by atoms with Crippen LogP contribution in [0.2, 0.25) is 0 Å². The van der Waals surface area contributed by atoms with Gasteiger partial charge in [0.15, 0.2) is 5.78 Å². The third kappa shape index (κ3) is 6.12. The maximum atomic E-state index is 13.1. The predicted octanol–water partition coefficient (Wildman–Crippen LogP) is 8.33. The number of pyridine rings is 2. The summed E-state index contributed by atoms with van der Waals surface area (Å²) in [6, 6.07) is 15.2. The molecule has 44 heavy (non-hydrogen) atoms. The first-order valence-corrected chi connectivity index (χ1v) is 13.1. The van der Waals surface area contributed by atoms with E-state index < -0.39 is 46.1 Å². The highest BCUT2D eigenvalue weighted by Crippen LogP contribution is 2.66. The summed E-state index contributed by atoms with van der Waals surface area (Å²) in [4.78, 5) is 19.7. The second-order valence-electron chi connectivity index (χ2n) is 10.4. The van der Waals surface area contributed by atoms with Gasteiger partial charge in [-0.1, -0.05) is 18.7 Å². The number of ketones is 1. The number of Topliss-reactive ketones (excluding diaryl/α,β-unsaturated/α-hetero) is 1. The summed E-state index contributed by atoms with van der Waals surface area (Å²) in [6.45, 7) is 4.00. The molecule has 0 bridgehead atoms. The van der Waals surface area contributed by atoms with Crippen molar-refractivity contribution in [1.82, 2.24) is 9.97 Å². The van der Waals surface area contributed by atoms with E-state index in [0.29, 0.717) is 18.5 Å². The number of ether oxygens (including phenoxy) is 1.